The minimum absolute atomic E-state index is 0.00285. The van der Waals surface area contributed by atoms with Crippen molar-refractivity contribution in [2.45, 2.75) is 18.3 Å². The third-order valence-corrected chi connectivity index (χ3v) is 5.41. The van der Waals surface area contributed by atoms with Gasteiger partial charge in [-0.2, -0.15) is 0 Å². The van der Waals surface area contributed by atoms with Crippen LogP contribution < -0.4 is 5.32 Å². The first kappa shape index (κ1) is 16.6. The van der Waals surface area contributed by atoms with E-state index in [1.54, 1.807) is 0 Å². The first-order valence-electron chi connectivity index (χ1n) is 9.23. The molecule has 26 heavy (non-hydrogen) atoms. The van der Waals surface area contributed by atoms with Crippen LogP contribution >= 0.6 is 0 Å². The summed E-state index contributed by atoms with van der Waals surface area (Å²) in [7, 11) is 0. The van der Waals surface area contributed by atoms with Crippen LogP contribution in [0.15, 0.2) is 91.0 Å². The Morgan fingerprint density at radius 1 is 0.808 bits per heavy atom. The summed E-state index contributed by atoms with van der Waals surface area (Å²) in [6, 6.07) is 31.1. The van der Waals surface area contributed by atoms with Crippen LogP contribution in [0.3, 0.4) is 0 Å². The van der Waals surface area contributed by atoms with Gasteiger partial charge in [-0.3, -0.25) is 4.79 Å². The number of benzene rings is 3. The van der Waals surface area contributed by atoms with E-state index in [1.165, 1.54) is 16.7 Å². The van der Waals surface area contributed by atoms with Crippen molar-refractivity contribution in [2.24, 2.45) is 5.92 Å². The molecular formula is C24H23NO. The van der Waals surface area contributed by atoms with Crippen molar-refractivity contribution >= 4 is 5.91 Å². The summed E-state index contributed by atoms with van der Waals surface area (Å²) >= 11 is 0. The van der Waals surface area contributed by atoms with E-state index in [2.05, 4.69) is 66.0 Å². The van der Waals surface area contributed by atoms with E-state index in [0.717, 1.165) is 12.8 Å². The molecule has 3 aromatic carbocycles. The van der Waals surface area contributed by atoms with Crippen LogP contribution in [-0.2, 0) is 16.6 Å². The molecule has 130 valence electrons. The molecule has 0 bridgehead atoms. The lowest BCUT2D eigenvalue weighted by molar-refractivity contribution is -0.122. The fourth-order valence-corrected chi connectivity index (χ4v) is 3.95. The summed E-state index contributed by atoms with van der Waals surface area (Å²) in [5, 5.41) is 3.15. The molecule has 0 radical (unpaired) electrons. The maximum absolute atomic E-state index is 12.8. The molecule has 4 rings (SSSR count). The Morgan fingerprint density at radius 3 is 1.85 bits per heavy atom. The molecule has 0 unspecified atom stereocenters. The molecule has 0 aliphatic heterocycles. The molecule has 1 atom stereocenters. The van der Waals surface area contributed by atoms with Crippen LogP contribution in [0.25, 0.3) is 0 Å². The fourth-order valence-electron chi connectivity index (χ4n) is 3.95. The van der Waals surface area contributed by atoms with Crippen molar-refractivity contribution in [3.05, 3.63) is 108 Å². The van der Waals surface area contributed by atoms with Gasteiger partial charge in [0, 0.05) is 12.0 Å². The second-order valence-corrected chi connectivity index (χ2v) is 6.99. The smallest absolute Gasteiger partial charge is 0.224 e. The van der Waals surface area contributed by atoms with E-state index in [4.69, 9.17) is 0 Å². The third kappa shape index (κ3) is 3.15. The normalized spacial score (nSPS) is 17.5. The molecule has 1 fully saturated rings. The highest BCUT2D eigenvalue weighted by molar-refractivity contribution is 5.86. The van der Waals surface area contributed by atoms with Crippen molar-refractivity contribution < 1.29 is 4.79 Å². The molecule has 1 N–H and O–H groups in total. The summed E-state index contributed by atoms with van der Waals surface area (Å²) < 4.78 is 0. The van der Waals surface area contributed by atoms with Gasteiger partial charge in [0.1, 0.15) is 0 Å². The van der Waals surface area contributed by atoms with Gasteiger partial charge < -0.3 is 5.32 Å². The van der Waals surface area contributed by atoms with Crippen LogP contribution in [-0.4, -0.2) is 12.5 Å². The number of hydrogen-bond acceptors (Lipinski definition) is 1. The van der Waals surface area contributed by atoms with Crippen molar-refractivity contribution in [3.63, 3.8) is 0 Å². The summed E-state index contributed by atoms with van der Waals surface area (Å²) in [5.74, 6) is 0.164. The molecule has 1 aliphatic rings. The molecule has 0 spiro atoms. The van der Waals surface area contributed by atoms with Crippen LogP contribution in [0.2, 0.25) is 0 Å². The predicted octanol–water partition coefficient (Wildman–Crippen LogP) is 4.35. The van der Waals surface area contributed by atoms with E-state index >= 15 is 0 Å². The van der Waals surface area contributed by atoms with Crippen molar-refractivity contribution in [1.82, 2.24) is 5.32 Å². The SMILES string of the molecule is O=C(NCCc1ccccc1)[C@@H]1CC1(c1ccccc1)c1ccccc1. The van der Waals surface area contributed by atoms with Gasteiger partial charge >= 0.3 is 0 Å². The zero-order valence-electron chi connectivity index (χ0n) is 14.8. The molecule has 2 nitrogen and oxygen atoms in total. The van der Waals surface area contributed by atoms with Crippen LogP contribution in [0.4, 0.5) is 0 Å². The number of amides is 1. The summed E-state index contributed by atoms with van der Waals surface area (Å²) in [5.41, 5.74) is 3.53. The summed E-state index contributed by atoms with van der Waals surface area (Å²) in [4.78, 5) is 12.8. The Balaban J connectivity index is 1.49. The number of rotatable bonds is 6. The minimum atomic E-state index is -0.181. The number of carbonyl (C=O) groups excluding carboxylic acids is 1. The largest absolute Gasteiger partial charge is 0.355 e. The lowest BCUT2D eigenvalue weighted by Crippen LogP contribution is -2.30. The van der Waals surface area contributed by atoms with Crippen molar-refractivity contribution in [1.29, 1.82) is 0 Å². The highest BCUT2D eigenvalue weighted by Crippen LogP contribution is 2.58. The topological polar surface area (TPSA) is 29.1 Å². The Labute approximate surface area is 154 Å². The Kier molecular flexibility index (Phi) is 4.57. The van der Waals surface area contributed by atoms with E-state index < -0.39 is 0 Å². The monoisotopic (exact) mass is 341 g/mol. The van der Waals surface area contributed by atoms with Gasteiger partial charge in [-0.25, -0.2) is 0 Å². The maximum Gasteiger partial charge on any atom is 0.224 e. The van der Waals surface area contributed by atoms with Gasteiger partial charge in [0.2, 0.25) is 5.91 Å². The van der Waals surface area contributed by atoms with Gasteiger partial charge in [-0.1, -0.05) is 91.0 Å². The average Bonchev–Trinajstić information content (AvgIpc) is 3.47. The van der Waals surface area contributed by atoms with Crippen LogP contribution in [0.1, 0.15) is 23.1 Å². The van der Waals surface area contributed by atoms with Gasteiger partial charge in [0.05, 0.1) is 5.92 Å². The van der Waals surface area contributed by atoms with Crippen molar-refractivity contribution in [3.8, 4) is 0 Å². The standard InChI is InChI=1S/C24H23NO/c26-23(25-17-16-19-10-4-1-5-11-19)22-18-24(22,20-12-6-2-7-13-20)21-14-8-3-9-15-21/h1-15,22H,16-18H2,(H,25,26)/t22-/m0/s1. The number of hydrogen-bond donors (Lipinski definition) is 1. The molecular weight excluding hydrogens is 318 g/mol. The molecule has 1 amide bonds. The Bertz CT molecular complexity index is 819. The quantitative estimate of drug-likeness (QED) is 0.709. The highest BCUT2D eigenvalue weighted by Gasteiger charge is 2.59. The van der Waals surface area contributed by atoms with E-state index in [0.29, 0.717) is 6.54 Å². The highest BCUT2D eigenvalue weighted by atomic mass is 16.2. The molecule has 0 aromatic heterocycles. The van der Waals surface area contributed by atoms with Crippen LogP contribution in [0.5, 0.6) is 0 Å². The molecule has 1 saturated carbocycles. The molecule has 0 heterocycles. The molecule has 1 aliphatic carbocycles. The third-order valence-electron chi connectivity index (χ3n) is 5.41. The summed E-state index contributed by atoms with van der Waals surface area (Å²) in [6.45, 7) is 0.680. The first-order valence-corrected chi connectivity index (χ1v) is 9.23. The van der Waals surface area contributed by atoms with E-state index in [1.807, 2.05) is 30.3 Å². The van der Waals surface area contributed by atoms with Gasteiger partial charge in [0.15, 0.2) is 0 Å². The average molecular weight is 341 g/mol. The molecule has 0 saturated heterocycles. The Hall–Kier alpha value is -2.87. The number of carbonyl (C=O) groups is 1. The predicted molar refractivity (Wildman–Crippen MR) is 105 cm³/mol. The Morgan fingerprint density at radius 2 is 1.31 bits per heavy atom. The van der Waals surface area contributed by atoms with Gasteiger partial charge in [-0.15, -0.1) is 0 Å². The second kappa shape index (κ2) is 7.17. The van der Waals surface area contributed by atoms with Crippen molar-refractivity contribution in [2.75, 3.05) is 6.54 Å². The zero-order valence-corrected chi connectivity index (χ0v) is 14.8. The molecule has 3 aromatic rings. The van der Waals surface area contributed by atoms with Gasteiger partial charge in [-0.05, 0) is 29.5 Å². The minimum Gasteiger partial charge on any atom is -0.355 e. The zero-order chi connectivity index (χ0) is 17.8. The lowest BCUT2D eigenvalue weighted by Gasteiger charge is -2.19. The number of nitrogens with one attached hydrogen (secondary N) is 1. The molecule has 2 heteroatoms. The second-order valence-electron chi connectivity index (χ2n) is 6.99. The maximum atomic E-state index is 12.8. The van der Waals surface area contributed by atoms with Crippen LogP contribution in [0, 0.1) is 5.92 Å². The summed E-state index contributed by atoms with van der Waals surface area (Å²) in [6.07, 6.45) is 1.74. The fraction of sp³-hybridized carbons (Fsp3) is 0.208. The lowest BCUT2D eigenvalue weighted by atomic mass is 9.85. The van der Waals surface area contributed by atoms with E-state index in [9.17, 15) is 4.79 Å². The first-order chi connectivity index (χ1) is 12.8. The van der Waals surface area contributed by atoms with E-state index in [-0.39, 0.29) is 17.2 Å². The van der Waals surface area contributed by atoms with Gasteiger partial charge in [0.25, 0.3) is 0 Å².